The largest absolute Gasteiger partial charge is 0.348 e. The van der Waals surface area contributed by atoms with Crippen LogP contribution in [-0.2, 0) is 21.4 Å². The van der Waals surface area contributed by atoms with Gasteiger partial charge in [-0.05, 0) is 24.6 Å². The van der Waals surface area contributed by atoms with Crippen LogP contribution >= 0.6 is 11.3 Å². The molecule has 1 aromatic carbocycles. The molecule has 0 saturated heterocycles. The van der Waals surface area contributed by atoms with Crippen molar-refractivity contribution in [1.29, 1.82) is 0 Å². The molecule has 1 N–H and O–H groups in total. The number of aryl methyl sites for hydroxylation is 1. The highest BCUT2D eigenvalue weighted by molar-refractivity contribution is 7.89. The third-order valence-electron chi connectivity index (χ3n) is 3.23. The Morgan fingerprint density at radius 1 is 1.33 bits per heavy atom. The molecule has 8 heteroatoms. The molecule has 2 rings (SSSR count). The number of sulfonamides is 1. The molecule has 0 bridgehead atoms. The van der Waals surface area contributed by atoms with Gasteiger partial charge in [0.2, 0.25) is 15.9 Å². The molecule has 2 aromatic rings. The number of carbonyl (C=O) groups is 1. The molecule has 0 saturated carbocycles. The number of thiazole rings is 1. The van der Waals surface area contributed by atoms with E-state index in [1.807, 2.05) is 12.3 Å². The van der Waals surface area contributed by atoms with Gasteiger partial charge in [0.05, 0.1) is 15.6 Å². The summed E-state index contributed by atoms with van der Waals surface area (Å²) in [5, 5.41) is 5.48. The van der Waals surface area contributed by atoms with E-state index in [0.717, 1.165) is 15.0 Å². The Hall–Kier alpha value is -2.03. The first-order chi connectivity index (χ1) is 11.3. The predicted octanol–water partition coefficient (Wildman–Crippen LogP) is 2.03. The van der Waals surface area contributed by atoms with Crippen LogP contribution in [0.3, 0.4) is 0 Å². The number of hydrogen-bond donors (Lipinski definition) is 1. The van der Waals surface area contributed by atoms with E-state index in [-0.39, 0.29) is 17.3 Å². The van der Waals surface area contributed by atoms with Gasteiger partial charge in [-0.25, -0.2) is 17.7 Å². The maximum atomic E-state index is 12.3. The van der Waals surface area contributed by atoms with Crippen molar-refractivity contribution in [3.05, 3.63) is 52.0 Å². The van der Waals surface area contributed by atoms with Gasteiger partial charge in [0.1, 0.15) is 0 Å². The van der Waals surface area contributed by atoms with Crippen LogP contribution in [0.15, 0.2) is 40.6 Å². The second kappa shape index (κ2) is 7.69. The van der Waals surface area contributed by atoms with Crippen LogP contribution in [0, 0.1) is 6.92 Å². The average Bonchev–Trinajstić information content (AvgIpc) is 2.96. The minimum atomic E-state index is -3.55. The summed E-state index contributed by atoms with van der Waals surface area (Å²) >= 11 is 1.51. The lowest BCUT2D eigenvalue weighted by Gasteiger charge is -2.15. The van der Waals surface area contributed by atoms with Crippen LogP contribution in [-0.4, -0.2) is 37.7 Å². The quantitative estimate of drug-likeness (QED) is 0.795. The van der Waals surface area contributed by atoms with Gasteiger partial charge in [0, 0.05) is 32.1 Å². The Morgan fingerprint density at radius 2 is 2.04 bits per heavy atom. The lowest BCUT2D eigenvalue weighted by molar-refractivity contribution is -0.116. The number of carbonyl (C=O) groups excluding carboxylic acids is 1. The average molecular weight is 365 g/mol. The second-order valence-corrected chi connectivity index (χ2v) is 8.42. The Morgan fingerprint density at radius 3 is 2.67 bits per heavy atom. The van der Waals surface area contributed by atoms with E-state index < -0.39 is 10.0 Å². The Kier molecular flexibility index (Phi) is 5.87. The van der Waals surface area contributed by atoms with E-state index in [1.54, 1.807) is 24.3 Å². The molecule has 1 heterocycles. The third kappa shape index (κ3) is 4.50. The highest BCUT2D eigenvalue weighted by Crippen LogP contribution is 2.18. The Bertz CT molecular complexity index is 855. The molecule has 0 atom stereocenters. The SMILES string of the molecule is Cc1nc(/C=C/C(=O)NCc2ccccc2S(=O)(=O)N(C)C)cs1. The van der Waals surface area contributed by atoms with Crippen LogP contribution in [0.5, 0.6) is 0 Å². The first-order valence-corrected chi connectivity index (χ1v) is 9.51. The first-order valence-electron chi connectivity index (χ1n) is 7.19. The number of aromatic nitrogens is 1. The van der Waals surface area contributed by atoms with E-state index in [1.165, 1.54) is 37.6 Å². The van der Waals surface area contributed by atoms with Gasteiger partial charge in [-0.1, -0.05) is 18.2 Å². The van der Waals surface area contributed by atoms with Gasteiger partial charge in [0.15, 0.2) is 0 Å². The van der Waals surface area contributed by atoms with Gasteiger partial charge < -0.3 is 5.32 Å². The van der Waals surface area contributed by atoms with Crippen LogP contribution in [0.2, 0.25) is 0 Å². The fourth-order valence-corrected chi connectivity index (χ4v) is 3.65. The first kappa shape index (κ1) is 18.3. The van der Waals surface area contributed by atoms with E-state index >= 15 is 0 Å². The molecular formula is C16H19N3O3S2. The lowest BCUT2D eigenvalue weighted by Crippen LogP contribution is -2.26. The molecule has 1 aromatic heterocycles. The van der Waals surface area contributed by atoms with Crippen LogP contribution in [0.1, 0.15) is 16.3 Å². The number of nitrogens with one attached hydrogen (secondary N) is 1. The molecule has 0 unspecified atom stereocenters. The summed E-state index contributed by atoms with van der Waals surface area (Å²) in [5.74, 6) is -0.308. The summed E-state index contributed by atoms with van der Waals surface area (Å²) < 4.78 is 25.8. The Labute approximate surface area is 145 Å². The minimum Gasteiger partial charge on any atom is -0.348 e. The molecule has 6 nitrogen and oxygen atoms in total. The molecule has 1 amide bonds. The number of hydrogen-bond acceptors (Lipinski definition) is 5. The molecule has 24 heavy (non-hydrogen) atoms. The van der Waals surface area contributed by atoms with Crippen molar-refractivity contribution >= 4 is 33.3 Å². The van der Waals surface area contributed by atoms with Crippen molar-refractivity contribution < 1.29 is 13.2 Å². The topological polar surface area (TPSA) is 79.4 Å². The minimum absolute atomic E-state index is 0.127. The molecule has 0 spiro atoms. The fourth-order valence-electron chi connectivity index (χ4n) is 1.96. The van der Waals surface area contributed by atoms with E-state index in [4.69, 9.17) is 0 Å². The van der Waals surface area contributed by atoms with Crippen molar-refractivity contribution in [3.8, 4) is 0 Å². The van der Waals surface area contributed by atoms with Gasteiger partial charge in [-0.3, -0.25) is 4.79 Å². The Balaban J connectivity index is 2.07. The molecule has 128 valence electrons. The lowest BCUT2D eigenvalue weighted by atomic mass is 10.2. The highest BCUT2D eigenvalue weighted by Gasteiger charge is 2.20. The van der Waals surface area contributed by atoms with E-state index in [9.17, 15) is 13.2 Å². The summed E-state index contributed by atoms with van der Waals surface area (Å²) in [7, 11) is -0.602. The molecule has 0 fully saturated rings. The van der Waals surface area contributed by atoms with Crippen molar-refractivity contribution in [1.82, 2.24) is 14.6 Å². The van der Waals surface area contributed by atoms with Gasteiger partial charge in [-0.2, -0.15) is 0 Å². The van der Waals surface area contributed by atoms with E-state index in [2.05, 4.69) is 10.3 Å². The number of nitrogens with zero attached hydrogens (tertiary/aromatic N) is 2. The molecule has 0 aliphatic heterocycles. The third-order valence-corrected chi connectivity index (χ3v) is 5.93. The van der Waals surface area contributed by atoms with Crippen molar-refractivity contribution in [2.45, 2.75) is 18.4 Å². The summed E-state index contributed by atoms with van der Waals surface area (Å²) in [6, 6.07) is 6.62. The molecule has 0 aliphatic rings. The highest BCUT2D eigenvalue weighted by atomic mass is 32.2. The molecule has 0 aliphatic carbocycles. The van der Waals surface area contributed by atoms with Gasteiger partial charge in [-0.15, -0.1) is 11.3 Å². The zero-order valence-electron chi connectivity index (χ0n) is 13.7. The fraction of sp³-hybridized carbons (Fsp3) is 0.250. The van der Waals surface area contributed by atoms with Crippen LogP contribution < -0.4 is 5.32 Å². The van der Waals surface area contributed by atoms with Crippen LogP contribution in [0.4, 0.5) is 0 Å². The van der Waals surface area contributed by atoms with Crippen molar-refractivity contribution in [2.24, 2.45) is 0 Å². The summed E-state index contributed by atoms with van der Waals surface area (Å²) in [6.07, 6.45) is 3.01. The zero-order chi connectivity index (χ0) is 17.7. The maximum absolute atomic E-state index is 12.3. The van der Waals surface area contributed by atoms with Crippen molar-refractivity contribution in [3.63, 3.8) is 0 Å². The van der Waals surface area contributed by atoms with Crippen LogP contribution in [0.25, 0.3) is 6.08 Å². The monoisotopic (exact) mass is 365 g/mol. The van der Waals surface area contributed by atoms with E-state index in [0.29, 0.717) is 5.56 Å². The second-order valence-electron chi connectivity index (χ2n) is 5.24. The number of benzene rings is 1. The summed E-state index contributed by atoms with van der Waals surface area (Å²) in [5.41, 5.74) is 1.26. The molecule has 0 radical (unpaired) electrons. The standard InChI is InChI=1S/C16H19N3O3S2/c1-12-18-14(11-23-12)8-9-16(20)17-10-13-6-4-5-7-15(13)24(21,22)19(2)3/h4-9,11H,10H2,1-3H3,(H,17,20)/b9-8+. The maximum Gasteiger partial charge on any atom is 0.244 e. The normalized spacial score (nSPS) is 12.0. The van der Waals surface area contributed by atoms with Gasteiger partial charge >= 0.3 is 0 Å². The zero-order valence-corrected chi connectivity index (χ0v) is 15.3. The summed E-state index contributed by atoms with van der Waals surface area (Å²) in [4.78, 5) is 16.3. The predicted molar refractivity (Wildman–Crippen MR) is 95.0 cm³/mol. The summed E-state index contributed by atoms with van der Waals surface area (Å²) in [6.45, 7) is 2.02. The van der Waals surface area contributed by atoms with Crippen molar-refractivity contribution in [2.75, 3.05) is 14.1 Å². The number of amides is 1. The smallest absolute Gasteiger partial charge is 0.244 e. The number of rotatable bonds is 6. The van der Waals surface area contributed by atoms with Gasteiger partial charge in [0.25, 0.3) is 0 Å². The molecular weight excluding hydrogens is 346 g/mol.